The Morgan fingerprint density at radius 1 is 1.33 bits per heavy atom. The van der Waals surface area contributed by atoms with Gasteiger partial charge in [0.05, 0.1) is 12.8 Å². The highest BCUT2D eigenvalue weighted by Gasteiger charge is 2.19. The summed E-state index contributed by atoms with van der Waals surface area (Å²) in [6.45, 7) is 5.89. The van der Waals surface area contributed by atoms with Crippen LogP contribution in [0.5, 0.6) is 5.75 Å². The number of thioether (sulfide) groups is 1. The molecule has 0 spiro atoms. The summed E-state index contributed by atoms with van der Waals surface area (Å²) in [6.07, 6.45) is 0.0748. The predicted octanol–water partition coefficient (Wildman–Crippen LogP) is 3.00. The Balaban J connectivity index is 1.63. The second kappa shape index (κ2) is 7.91. The summed E-state index contributed by atoms with van der Waals surface area (Å²) in [6, 6.07) is 7.80. The van der Waals surface area contributed by atoms with E-state index >= 15 is 0 Å². The first-order valence-corrected chi connectivity index (χ1v) is 9.43. The number of carbonyl (C=O) groups is 1. The molecular weight excluding hydrogens is 366 g/mol. The molecule has 0 radical (unpaired) electrons. The van der Waals surface area contributed by atoms with E-state index in [1.807, 2.05) is 55.1 Å². The van der Waals surface area contributed by atoms with Gasteiger partial charge in [-0.2, -0.15) is 0 Å². The van der Waals surface area contributed by atoms with E-state index in [-0.39, 0.29) is 0 Å². The van der Waals surface area contributed by atoms with Crippen LogP contribution in [0.1, 0.15) is 32.2 Å². The fourth-order valence-electron chi connectivity index (χ4n) is 2.42. The number of aromatic nitrogens is 3. The van der Waals surface area contributed by atoms with Crippen LogP contribution in [0.25, 0.3) is 5.70 Å². The zero-order valence-corrected chi connectivity index (χ0v) is 16.6. The number of benzene rings is 1. The first kappa shape index (κ1) is 19.1. The average molecular weight is 389 g/mol. The van der Waals surface area contributed by atoms with E-state index in [2.05, 4.69) is 20.9 Å². The number of rotatable bonds is 5. The third-order valence-electron chi connectivity index (χ3n) is 3.61. The molecule has 1 amide bonds. The first-order valence-electron chi connectivity index (χ1n) is 8.55. The summed E-state index contributed by atoms with van der Waals surface area (Å²) in [4.78, 5) is 11.8. The number of hydrogen-bond acceptors (Lipinski definition) is 7. The van der Waals surface area contributed by atoms with Crippen molar-refractivity contribution in [3.05, 3.63) is 41.1 Å². The lowest BCUT2D eigenvalue weighted by Gasteiger charge is -2.20. The van der Waals surface area contributed by atoms with Crippen LogP contribution in [0.3, 0.4) is 0 Å². The third-order valence-corrected chi connectivity index (χ3v) is 4.44. The Morgan fingerprint density at radius 2 is 2.15 bits per heavy atom. The van der Waals surface area contributed by atoms with E-state index in [0.29, 0.717) is 13.0 Å². The smallest absolute Gasteiger partial charge is 0.407 e. The minimum absolute atomic E-state index is 0.400. The van der Waals surface area contributed by atoms with Crippen LogP contribution in [0, 0.1) is 0 Å². The molecule has 0 aliphatic carbocycles. The molecule has 1 aromatic carbocycles. The highest BCUT2D eigenvalue weighted by atomic mass is 32.2. The van der Waals surface area contributed by atoms with Gasteiger partial charge in [-0.05, 0) is 32.9 Å². The fraction of sp³-hybridized carbons (Fsp3) is 0.389. The number of nitrogens with one attached hydrogen (secondary N) is 2. The molecule has 2 N–H and O–H groups in total. The number of nitrogens with zero attached hydrogens (tertiary/aromatic N) is 3. The number of methoxy groups -OCH3 is 1. The topological polar surface area (TPSA) is 90.3 Å². The van der Waals surface area contributed by atoms with Gasteiger partial charge >= 0.3 is 6.09 Å². The molecule has 3 rings (SSSR count). The quantitative estimate of drug-likeness (QED) is 0.812. The molecule has 1 aromatic heterocycles. The van der Waals surface area contributed by atoms with E-state index in [1.165, 1.54) is 11.8 Å². The lowest BCUT2D eigenvalue weighted by atomic mass is 10.2. The maximum Gasteiger partial charge on any atom is 0.407 e. The van der Waals surface area contributed by atoms with Crippen LogP contribution < -0.4 is 15.5 Å². The number of hydrogen-bond donors (Lipinski definition) is 2. The Hall–Kier alpha value is -2.68. The van der Waals surface area contributed by atoms with Crippen molar-refractivity contribution >= 4 is 23.6 Å². The predicted molar refractivity (Wildman–Crippen MR) is 104 cm³/mol. The van der Waals surface area contributed by atoms with Crippen molar-refractivity contribution < 1.29 is 14.3 Å². The molecule has 0 saturated heterocycles. The first-order chi connectivity index (χ1) is 12.9. The van der Waals surface area contributed by atoms with Crippen LogP contribution in [0.4, 0.5) is 4.79 Å². The summed E-state index contributed by atoms with van der Waals surface area (Å²) < 4.78 is 12.4. The number of ether oxygens (including phenoxy) is 2. The van der Waals surface area contributed by atoms with Gasteiger partial charge in [0.2, 0.25) is 5.16 Å². The van der Waals surface area contributed by atoms with E-state index < -0.39 is 11.7 Å². The van der Waals surface area contributed by atoms with Crippen molar-refractivity contribution in [2.24, 2.45) is 0 Å². The summed E-state index contributed by atoms with van der Waals surface area (Å²) >= 11 is 1.49. The van der Waals surface area contributed by atoms with Crippen molar-refractivity contribution in [1.82, 2.24) is 20.2 Å². The minimum Gasteiger partial charge on any atom is -0.497 e. The lowest BCUT2D eigenvalue weighted by molar-refractivity contribution is 0.0528. The fourth-order valence-corrected chi connectivity index (χ4v) is 3.18. The van der Waals surface area contributed by atoms with Gasteiger partial charge in [-0.15, -0.1) is 10.2 Å². The van der Waals surface area contributed by atoms with Crippen molar-refractivity contribution in [2.75, 3.05) is 19.1 Å². The molecule has 0 saturated carbocycles. The Kier molecular flexibility index (Phi) is 5.59. The van der Waals surface area contributed by atoms with Gasteiger partial charge in [-0.1, -0.05) is 23.9 Å². The van der Waals surface area contributed by atoms with E-state index in [0.717, 1.165) is 28.0 Å². The van der Waals surface area contributed by atoms with Gasteiger partial charge in [0, 0.05) is 23.9 Å². The Labute approximate surface area is 162 Å². The molecule has 2 heterocycles. The van der Waals surface area contributed by atoms with E-state index in [9.17, 15) is 4.79 Å². The lowest BCUT2D eigenvalue weighted by Crippen LogP contribution is -2.34. The molecule has 2 aromatic rings. The van der Waals surface area contributed by atoms with E-state index in [4.69, 9.17) is 9.47 Å². The van der Waals surface area contributed by atoms with Crippen LogP contribution in [0.2, 0.25) is 0 Å². The van der Waals surface area contributed by atoms with Crippen molar-refractivity contribution in [2.45, 2.75) is 37.9 Å². The van der Waals surface area contributed by atoms with Crippen molar-refractivity contribution in [3.8, 4) is 5.75 Å². The van der Waals surface area contributed by atoms with Gasteiger partial charge in [-0.3, -0.25) is 5.43 Å². The van der Waals surface area contributed by atoms with Gasteiger partial charge in [0.25, 0.3) is 0 Å². The molecule has 1 aliphatic heterocycles. The number of fused-ring (bicyclic) bond motifs is 1. The second-order valence-corrected chi connectivity index (χ2v) is 7.74. The number of amides is 1. The van der Waals surface area contributed by atoms with Crippen molar-refractivity contribution in [1.29, 1.82) is 0 Å². The van der Waals surface area contributed by atoms with Crippen molar-refractivity contribution in [3.63, 3.8) is 0 Å². The van der Waals surface area contributed by atoms with Gasteiger partial charge < -0.3 is 14.8 Å². The summed E-state index contributed by atoms with van der Waals surface area (Å²) in [5, 5.41) is 13.9. The monoisotopic (exact) mass is 389 g/mol. The van der Waals surface area contributed by atoms with E-state index in [1.54, 1.807) is 7.11 Å². The largest absolute Gasteiger partial charge is 0.497 e. The molecule has 144 valence electrons. The third kappa shape index (κ3) is 4.94. The highest BCUT2D eigenvalue weighted by molar-refractivity contribution is 8.02. The van der Waals surface area contributed by atoms with Gasteiger partial charge in [-0.25, -0.2) is 9.47 Å². The second-order valence-electron chi connectivity index (χ2n) is 6.91. The van der Waals surface area contributed by atoms with Crippen LogP contribution in [-0.4, -0.2) is 40.2 Å². The Morgan fingerprint density at radius 3 is 2.89 bits per heavy atom. The molecule has 27 heavy (non-hydrogen) atoms. The SMILES string of the molecule is COc1cccc(C2=CSc3nnc(CCNC(=O)OC(C)(C)C)n3N2)c1. The zero-order valence-electron chi connectivity index (χ0n) is 15.8. The number of carbonyl (C=O) groups excluding carboxylic acids is 1. The normalized spacial score (nSPS) is 13.3. The highest BCUT2D eigenvalue weighted by Crippen LogP contribution is 2.29. The maximum atomic E-state index is 11.8. The maximum absolute atomic E-state index is 11.8. The summed E-state index contributed by atoms with van der Waals surface area (Å²) in [5.74, 6) is 1.51. The molecule has 0 bridgehead atoms. The molecule has 9 heteroatoms. The zero-order chi connectivity index (χ0) is 19.4. The minimum atomic E-state index is -0.521. The number of alkyl carbamates (subject to hydrolysis) is 1. The van der Waals surface area contributed by atoms with Crippen LogP contribution in [0.15, 0.2) is 34.8 Å². The average Bonchev–Trinajstić information content (AvgIpc) is 3.02. The van der Waals surface area contributed by atoms with Crippen LogP contribution in [-0.2, 0) is 11.2 Å². The molecular formula is C18H23N5O3S. The van der Waals surface area contributed by atoms with Crippen LogP contribution >= 0.6 is 11.8 Å². The summed E-state index contributed by atoms with van der Waals surface area (Å²) in [7, 11) is 1.64. The molecule has 0 unspecified atom stereocenters. The summed E-state index contributed by atoms with van der Waals surface area (Å²) in [5.41, 5.74) is 4.72. The molecule has 1 aliphatic rings. The Bertz CT molecular complexity index is 857. The van der Waals surface area contributed by atoms with Gasteiger partial charge in [0.1, 0.15) is 11.4 Å². The standard InChI is InChI=1S/C18H23N5O3S/c1-18(2,3)26-17(24)19-9-8-15-20-21-16-23(15)22-14(11-27-16)12-6-5-7-13(10-12)25-4/h5-7,10-11,22H,8-9H2,1-4H3,(H,19,24). The molecule has 0 atom stereocenters. The molecule has 8 nitrogen and oxygen atoms in total. The van der Waals surface area contributed by atoms with Gasteiger partial charge in [0.15, 0.2) is 5.82 Å². The molecule has 0 fully saturated rings.